The molecule has 130 valence electrons. The van der Waals surface area contributed by atoms with Gasteiger partial charge in [-0.3, -0.25) is 4.79 Å². The molecule has 0 spiro atoms. The second kappa shape index (κ2) is 6.98. The zero-order valence-corrected chi connectivity index (χ0v) is 13.0. The fourth-order valence-corrected chi connectivity index (χ4v) is 2.71. The highest BCUT2D eigenvalue weighted by atomic mass is 19.2. The van der Waals surface area contributed by atoms with E-state index in [2.05, 4.69) is 10.3 Å². The van der Waals surface area contributed by atoms with Crippen LogP contribution in [-0.4, -0.2) is 22.6 Å². The van der Waals surface area contributed by atoms with Crippen molar-refractivity contribution in [3.8, 4) is 0 Å². The van der Waals surface area contributed by atoms with Gasteiger partial charge in [-0.15, -0.1) is 0 Å². The average Bonchev–Trinajstić information content (AvgIpc) is 3.00. The van der Waals surface area contributed by atoms with Gasteiger partial charge in [-0.05, 0) is 29.3 Å². The van der Waals surface area contributed by atoms with Crippen LogP contribution in [0.4, 0.5) is 13.2 Å². The number of para-hydroxylation sites is 1. The van der Waals surface area contributed by atoms with Crippen molar-refractivity contribution >= 4 is 16.8 Å². The molecule has 1 atom stereocenters. The number of carbonyl (C=O) groups is 1. The molecule has 1 amide bonds. The van der Waals surface area contributed by atoms with Crippen LogP contribution in [0, 0.1) is 17.5 Å². The maximum absolute atomic E-state index is 13.3. The Bertz CT molecular complexity index is 901. The SMILES string of the molecule is O=C(Cc1c[nH]c2ccccc12)NC(CO)c1cc(F)c(F)c(F)c1. The highest BCUT2D eigenvalue weighted by Gasteiger charge is 2.19. The third-order valence-corrected chi connectivity index (χ3v) is 3.95. The van der Waals surface area contributed by atoms with Crippen molar-refractivity contribution in [2.75, 3.05) is 6.61 Å². The Kier molecular flexibility index (Phi) is 4.76. The molecule has 3 N–H and O–H groups in total. The molecule has 0 saturated carbocycles. The Balaban J connectivity index is 1.76. The first-order chi connectivity index (χ1) is 12.0. The van der Waals surface area contributed by atoms with E-state index >= 15 is 0 Å². The van der Waals surface area contributed by atoms with Gasteiger partial charge in [-0.25, -0.2) is 13.2 Å². The minimum Gasteiger partial charge on any atom is -0.394 e. The van der Waals surface area contributed by atoms with E-state index in [9.17, 15) is 23.1 Å². The van der Waals surface area contributed by atoms with Gasteiger partial charge in [0.2, 0.25) is 5.91 Å². The van der Waals surface area contributed by atoms with Crippen LogP contribution in [0.3, 0.4) is 0 Å². The predicted octanol–water partition coefficient (Wildman–Crippen LogP) is 2.98. The summed E-state index contributed by atoms with van der Waals surface area (Å²) in [4.78, 5) is 15.3. The molecule has 1 heterocycles. The molecular weight excluding hydrogens is 333 g/mol. The summed E-state index contributed by atoms with van der Waals surface area (Å²) in [5.41, 5.74) is 1.58. The summed E-state index contributed by atoms with van der Waals surface area (Å²) in [5.74, 6) is -4.78. The van der Waals surface area contributed by atoms with Crippen LogP contribution in [0.2, 0.25) is 0 Å². The Morgan fingerprint density at radius 2 is 1.84 bits per heavy atom. The van der Waals surface area contributed by atoms with Crippen LogP contribution in [-0.2, 0) is 11.2 Å². The first-order valence-corrected chi connectivity index (χ1v) is 7.59. The van der Waals surface area contributed by atoms with Crippen molar-refractivity contribution in [3.63, 3.8) is 0 Å². The second-order valence-electron chi connectivity index (χ2n) is 5.64. The third-order valence-electron chi connectivity index (χ3n) is 3.95. The van der Waals surface area contributed by atoms with E-state index in [0.717, 1.165) is 28.6 Å². The number of rotatable bonds is 5. The van der Waals surface area contributed by atoms with Crippen molar-refractivity contribution in [3.05, 3.63) is 71.2 Å². The lowest BCUT2D eigenvalue weighted by molar-refractivity contribution is -0.121. The summed E-state index contributed by atoms with van der Waals surface area (Å²) in [6.07, 6.45) is 1.72. The molecule has 0 aliphatic rings. The zero-order chi connectivity index (χ0) is 18.0. The summed E-state index contributed by atoms with van der Waals surface area (Å²) in [5, 5.41) is 12.8. The molecular formula is C18H15F3N2O2. The summed E-state index contributed by atoms with van der Waals surface area (Å²) in [7, 11) is 0. The number of halogens is 3. The summed E-state index contributed by atoms with van der Waals surface area (Å²) < 4.78 is 39.7. The van der Waals surface area contributed by atoms with Crippen LogP contribution in [0.1, 0.15) is 17.2 Å². The highest BCUT2D eigenvalue weighted by molar-refractivity contribution is 5.89. The van der Waals surface area contributed by atoms with Gasteiger partial charge in [-0.1, -0.05) is 18.2 Å². The van der Waals surface area contributed by atoms with E-state index in [1.165, 1.54) is 0 Å². The normalized spacial score (nSPS) is 12.3. The number of hydrogen-bond acceptors (Lipinski definition) is 2. The number of hydrogen-bond donors (Lipinski definition) is 3. The number of aromatic nitrogens is 1. The molecule has 3 rings (SSSR count). The zero-order valence-electron chi connectivity index (χ0n) is 13.0. The quantitative estimate of drug-likeness (QED) is 0.621. The molecule has 0 saturated heterocycles. The average molecular weight is 348 g/mol. The van der Waals surface area contributed by atoms with Crippen LogP contribution < -0.4 is 5.32 Å². The maximum atomic E-state index is 13.3. The van der Waals surface area contributed by atoms with E-state index in [0.29, 0.717) is 0 Å². The first kappa shape index (κ1) is 17.0. The van der Waals surface area contributed by atoms with E-state index in [1.807, 2.05) is 24.3 Å². The molecule has 4 nitrogen and oxygen atoms in total. The van der Waals surface area contributed by atoms with Gasteiger partial charge in [0.15, 0.2) is 17.5 Å². The van der Waals surface area contributed by atoms with E-state index in [-0.39, 0.29) is 12.0 Å². The van der Waals surface area contributed by atoms with Crippen molar-refractivity contribution in [2.24, 2.45) is 0 Å². The van der Waals surface area contributed by atoms with Gasteiger partial charge in [0.25, 0.3) is 0 Å². The van der Waals surface area contributed by atoms with E-state index in [1.54, 1.807) is 6.20 Å². The van der Waals surface area contributed by atoms with Gasteiger partial charge < -0.3 is 15.4 Å². The smallest absolute Gasteiger partial charge is 0.225 e. The lowest BCUT2D eigenvalue weighted by Crippen LogP contribution is -2.32. The molecule has 0 fully saturated rings. The molecule has 0 bridgehead atoms. The Morgan fingerprint density at radius 1 is 1.16 bits per heavy atom. The van der Waals surface area contributed by atoms with Crippen molar-refractivity contribution in [2.45, 2.75) is 12.5 Å². The molecule has 1 aromatic heterocycles. The topological polar surface area (TPSA) is 65.1 Å². The number of fused-ring (bicyclic) bond motifs is 1. The summed E-state index contributed by atoms with van der Waals surface area (Å²) in [6.45, 7) is -0.579. The number of aromatic amines is 1. The van der Waals surface area contributed by atoms with Crippen molar-refractivity contribution < 1.29 is 23.1 Å². The second-order valence-corrected chi connectivity index (χ2v) is 5.64. The number of carbonyl (C=O) groups excluding carboxylic acids is 1. The monoisotopic (exact) mass is 348 g/mol. The molecule has 0 aliphatic carbocycles. The molecule has 0 radical (unpaired) electrons. The molecule has 3 aromatic rings. The molecule has 2 aromatic carbocycles. The number of benzene rings is 2. The number of amides is 1. The van der Waals surface area contributed by atoms with Crippen molar-refractivity contribution in [1.82, 2.24) is 10.3 Å². The van der Waals surface area contributed by atoms with E-state index in [4.69, 9.17) is 0 Å². The standard InChI is InChI=1S/C18H15F3N2O2/c19-13-5-10(6-14(20)18(13)21)16(9-24)23-17(25)7-11-8-22-15-4-2-1-3-12(11)15/h1-6,8,16,22,24H,7,9H2,(H,23,25). The summed E-state index contributed by atoms with van der Waals surface area (Å²) >= 11 is 0. The Labute approximate surface area is 141 Å². The van der Waals surface area contributed by atoms with Gasteiger partial charge in [0.05, 0.1) is 19.1 Å². The highest BCUT2D eigenvalue weighted by Crippen LogP contribution is 2.21. The maximum Gasteiger partial charge on any atom is 0.225 e. The number of H-pyrrole nitrogens is 1. The van der Waals surface area contributed by atoms with E-state index < -0.39 is 36.0 Å². The van der Waals surface area contributed by atoms with Crippen LogP contribution >= 0.6 is 0 Å². The minimum atomic E-state index is -1.59. The lowest BCUT2D eigenvalue weighted by Gasteiger charge is -2.17. The van der Waals surface area contributed by atoms with Crippen LogP contribution in [0.5, 0.6) is 0 Å². The van der Waals surface area contributed by atoms with Crippen LogP contribution in [0.15, 0.2) is 42.6 Å². The third kappa shape index (κ3) is 3.51. The fraction of sp³-hybridized carbons (Fsp3) is 0.167. The van der Waals surface area contributed by atoms with Gasteiger partial charge in [0, 0.05) is 17.1 Å². The van der Waals surface area contributed by atoms with Crippen LogP contribution in [0.25, 0.3) is 10.9 Å². The Hall–Kier alpha value is -2.80. The molecule has 25 heavy (non-hydrogen) atoms. The number of nitrogens with one attached hydrogen (secondary N) is 2. The van der Waals surface area contributed by atoms with Gasteiger partial charge in [0.1, 0.15) is 0 Å². The Morgan fingerprint density at radius 3 is 2.52 bits per heavy atom. The minimum absolute atomic E-state index is 0.0205. The van der Waals surface area contributed by atoms with Gasteiger partial charge >= 0.3 is 0 Å². The van der Waals surface area contributed by atoms with Crippen molar-refractivity contribution in [1.29, 1.82) is 0 Å². The fourth-order valence-electron chi connectivity index (χ4n) is 2.71. The molecule has 0 aliphatic heterocycles. The largest absolute Gasteiger partial charge is 0.394 e. The van der Waals surface area contributed by atoms with Gasteiger partial charge in [-0.2, -0.15) is 0 Å². The molecule has 1 unspecified atom stereocenters. The number of aliphatic hydroxyl groups is 1. The lowest BCUT2D eigenvalue weighted by atomic mass is 10.1. The summed E-state index contributed by atoms with van der Waals surface area (Å²) in [6, 6.07) is 7.92. The molecule has 7 heteroatoms. The number of aliphatic hydroxyl groups excluding tert-OH is 1. The first-order valence-electron chi connectivity index (χ1n) is 7.59. The predicted molar refractivity (Wildman–Crippen MR) is 86.3 cm³/mol.